The summed E-state index contributed by atoms with van der Waals surface area (Å²) in [6.45, 7) is 12.1. The number of hydrogen-bond donors (Lipinski definition) is 0. The molecule has 4 aliphatic heterocycles. The van der Waals surface area contributed by atoms with Crippen LogP contribution in [0.1, 0.15) is 57.8 Å². The van der Waals surface area contributed by atoms with E-state index in [-0.39, 0.29) is 45.1 Å². The molecule has 10 nitrogen and oxygen atoms in total. The molecule has 0 aromatic heterocycles. The molecule has 44 heavy (non-hydrogen) atoms. The van der Waals surface area contributed by atoms with Crippen LogP contribution >= 0.6 is 0 Å². The van der Waals surface area contributed by atoms with Gasteiger partial charge >= 0.3 is 17.1 Å². The topological polar surface area (TPSA) is 132 Å². The van der Waals surface area contributed by atoms with Gasteiger partial charge < -0.3 is 51.8 Å². The number of likely N-dealkylation sites (N-methyl/N-ethyl adjacent to an activating group) is 4. The fourth-order valence-corrected chi connectivity index (χ4v) is 6.02. The van der Waals surface area contributed by atoms with Crippen molar-refractivity contribution in [2.75, 3.05) is 100 Å². The molecule has 12 heteroatoms. The summed E-state index contributed by atoms with van der Waals surface area (Å²) in [5, 5.41) is 18.6. The molecule has 3 saturated heterocycles. The van der Waals surface area contributed by atoms with Gasteiger partial charge in [-0.15, -0.1) is 37.8 Å². The van der Waals surface area contributed by atoms with Gasteiger partial charge in [-0.05, 0) is 54.4 Å². The van der Waals surface area contributed by atoms with Gasteiger partial charge in [-0.2, -0.15) is 6.20 Å². The van der Waals surface area contributed by atoms with Crippen molar-refractivity contribution in [3.8, 4) is 0 Å². The van der Waals surface area contributed by atoms with Crippen molar-refractivity contribution in [1.29, 1.82) is 0 Å². The first-order valence-electron chi connectivity index (χ1n) is 16.2. The van der Waals surface area contributed by atoms with Crippen LogP contribution in [0, 0.1) is 0 Å². The number of allylic oxidation sites excluding steroid dienone is 2. The molecular weight excluding hydrogens is 638 g/mol. The molecule has 4 rings (SSSR count). The first kappa shape index (κ1) is 46.1. The third kappa shape index (κ3) is 21.0. The number of nitrogens with zero attached hydrogens (tertiary/aromatic N) is 8. The number of piperidine rings is 3. The van der Waals surface area contributed by atoms with Crippen LogP contribution in [-0.4, -0.2) is 155 Å². The third-order valence-electron chi connectivity index (χ3n) is 8.60. The smallest absolute Gasteiger partial charge is 0.684 e. The second-order valence-electron chi connectivity index (χ2n) is 12.7. The van der Waals surface area contributed by atoms with Crippen molar-refractivity contribution in [2.24, 2.45) is 0 Å². The Morgan fingerprint density at radius 1 is 0.545 bits per heavy atom. The van der Waals surface area contributed by atoms with E-state index in [2.05, 4.69) is 65.3 Å². The summed E-state index contributed by atoms with van der Waals surface area (Å²) >= 11 is 0. The van der Waals surface area contributed by atoms with Crippen LogP contribution in [-0.2, 0) is 34.1 Å². The Morgan fingerprint density at radius 2 is 0.909 bits per heavy atom. The van der Waals surface area contributed by atoms with E-state index < -0.39 is 0 Å². The minimum atomic E-state index is 0. The molecule has 2 radical (unpaired) electrons. The van der Waals surface area contributed by atoms with Gasteiger partial charge in [0.15, 0.2) is 0 Å². The Kier molecular flexibility index (Phi) is 29.3. The molecular formula is C32H64Mn2N8O2-2. The standard InChI is InChI=1S/C16H32N4.C16H28N4.2Mn.2H2O/c2*1-19(13-15-7-3-5-9-17-15)11-12-20(2)14-16-8-4-6-10-18-16;;;;/h15-16H,3-14H2,1-2H3;3,5,7,9,15-16H,4,6,8,10-14H2,1-2H3;;;2*1H2/q2*-2;;+2;;. The molecule has 0 aromatic rings. The third-order valence-corrected chi connectivity index (χ3v) is 8.60. The zero-order valence-electron chi connectivity index (χ0n) is 28.1. The van der Waals surface area contributed by atoms with E-state index in [1.807, 2.05) is 12.3 Å². The molecule has 0 spiro atoms. The van der Waals surface area contributed by atoms with Crippen molar-refractivity contribution in [2.45, 2.75) is 82.0 Å². The van der Waals surface area contributed by atoms with E-state index in [4.69, 9.17) is 16.0 Å². The summed E-state index contributed by atoms with van der Waals surface area (Å²) in [7, 11) is 8.87. The molecule has 0 bridgehead atoms. The fourth-order valence-electron chi connectivity index (χ4n) is 6.02. The van der Waals surface area contributed by atoms with Gasteiger partial charge in [0.05, 0.1) is 0 Å². The van der Waals surface area contributed by atoms with E-state index in [0.717, 1.165) is 72.0 Å². The van der Waals surface area contributed by atoms with Gasteiger partial charge in [0, 0.05) is 43.2 Å². The summed E-state index contributed by atoms with van der Waals surface area (Å²) in [4.78, 5) is 9.69. The largest absolute Gasteiger partial charge is 2.00 e. The zero-order valence-corrected chi connectivity index (χ0v) is 30.5. The molecule has 4 unspecified atom stereocenters. The van der Waals surface area contributed by atoms with Gasteiger partial charge in [-0.3, -0.25) is 0 Å². The van der Waals surface area contributed by atoms with Crippen LogP contribution in [0.25, 0.3) is 21.3 Å². The van der Waals surface area contributed by atoms with E-state index in [9.17, 15) is 0 Å². The van der Waals surface area contributed by atoms with Gasteiger partial charge in [0.2, 0.25) is 0 Å². The Morgan fingerprint density at radius 3 is 1.20 bits per heavy atom. The molecule has 260 valence electrons. The van der Waals surface area contributed by atoms with Crippen LogP contribution in [0.3, 0.4) is 0 Å². The van der Waals surface area contributed by atoms with Crippen molar-refractivity contribution >= 4 is 0 Å². The zero-order chi connectivity index (χ0) is 28.4. The van der Waals surface area contributed by atoms with E-state index >= 15 is 0 Å². The molecule has 4 aliphatic rings. The van der Waals surface area contributed by atoms with Crippen molar-refractivity contribution in [3.05, 3.63) is 45.7 Å². The molecule has 4 N–H and O–H groups in total. The summed E-state index contributed by atoms with van der Waals surface area (Å²) < 4.78 is 0. The van der Waals surface area contributed by atoms with Crippen molar-refractivity contribution in [1.82, 2.24) is 19.6 Å². The average molecular weight is 703 g/mol. The normalized spacial score (nSPS) is 24.7. The summed E-state index contributed by atoms with van der Waals surface area (Å²) in [5.74, 6) is 0. The Bertz CT molecular complexity index is 680. The molecule has 4 atom stereocenters. The molecule has 0 aliphatic carbocycles. The summed E-state index contributed by atoms with van der Waals surface area (Å²) in [5.41, 5.74) is 0. The summed E-state index contributed by atoms with van der Waals surface area (Å²) in [6.07, 6.45) is 20.0. The maximum Gasteiger partial charge on any atom is 2.00 e. The number of hydrogen-bond acceptors (Lipinski definition) is 4. The average Bonchev–Trinajstić information content (AvgIpc) is 2.98. The first-order chi connectivity index (χ1) is 19.5. The molecule has 3 fully saturated rings. The minimum Gasteiger partial charge on any atom is -0.684 e. The van der Waals surface area contributed by atoms with Crippen LogP contribution in [0.5, 0.6) is 0 Å². The molecule has 0 amide bonds. The Balaban J connectivity index is 0. The number of rotatable bonds is 14. The van der Waals surface area contributed by atoms with Crippen LogP contribution in [0.15, 0.2) is 24.4 Å². The second kappa shape index (κ2) is 28.0. The SMILES string of the molecule is CN(CCN(C)CC1CCCC[N-]1)CC1C=CC=C[N-]1.CN(CCN(C)CC1CCCC[N-]1)CC1CCCC[N-]1.O.O.[Mn+2].[Mn]. The maximum absolute atomic E-state index is 4.72. The fraction of sp³-hybridized carbons (Fsp3) is 0.875. The Labute approximate surface area is 291 Å². The predicted molar refractivity (Wildman–Crippen MR) is 180 cm³/mol. The minimum absolute atomic E-state index is 0. The molecule has 0 aromatic carbocycles. The van der Waals surface area contributed by atoms with Crippen LogP contribution < -0.4 is 0 Å². The second-order valence-corrected chi connectivity index (χ2v) is 12.7. The summed E-state index contributed by atoms with van der Waals surface area (Å²) in [6, 6.07) is 2.07. The quantitative estimate of drug-likeness (QED) is 0.256. The molecule has 0 saturated carbocycles. The molecule has 4 heterocycles. The van der Waals surface area contributed by atoms with Gasteiger partial charge in [0.1, 0.15) is 0 Å². The maximum atomic E-state index is 4.72. The van der Waals surface area contributed by atoms with Gasteiger partial charge in [-0.1, -0.05) is 82.1 Å². The van der Waals surface area contributed by atoms with E-state index in [1.54, 1.807) is 0 Å². The van der Waals surface area contributed by atoms with Crippen LogP contribution in [0.4, 0.5) is 0 Å². The first-order valence-corrected chi connectivity index (χ1v) is 16.2. The van der Waals surface area contributed by atoms with Gasteiger partial charge in [-0.25, -0.2) is 0 Å². The monoisotopic (exact) mass is 702 g/mol. The van der Waals surface area contributed by atoms with E-state index in [0.29, 0.717) is 24.2 Å². The Hall–Kier alpha value is -0.0410. The predicted octanol–water partition coefficient (Wildman–Crippen LogP) is 3.65. The van der Waals surface area contributed by atoms with E-state index in [1.165, 1.54) is 57.8 Å². The van der Waals surface area contributed by atoms with Gasteiger partial charge in [0.25, 0.3) is 0 Å². The van der Waals surface area contributed by atoms with Crippen molar-refractivity contribution < 1.29 is 45.1 Å². The van der Waals surface area contributed by atoms with Crippen LogP contribution in [0.2, 0.25) is 0 Å². The van der Waals surface area contributed by atoms with Crippen molar-refractivity contribution in [3.63, 3.8) is 0 Å².